The molecule has 4 aromatic rings. The van der Waals surface area contributed by atoms with Crippen molar-refractivity contribution in [1.29, 1.82) is 0 Å². The van der Waals surface area contributed by atoms with Gasteiger partial charge in [-0.15, -0.1) is 0 Å². The standard InChI is InChI=1S/C36H32ClNO4S/c1-2-3-4-8-15-33(38-42-36(41)28-11-6-5-7-12-28)35(40)27-19-23-30(24-20-27)43-29-21-16-26(17-22-29)18-25-34(39)31-13-9-10-14-32(31)37/h5-7,9-14,16-25H,2-4,8,15H2,1H3. The second-order valence-electron chi connectivity index (χ2n) is 9.80. The van der Waals surface area contributed by atoms with Crippen LogP contribution in [0.4, 0.5) is 0 Å². The highest BCUT2D eigenvalue weighted by atomic mass is 35.5. The highest BCUT2D eigenvalue weighted by Crippen LogP contribution is 2.28. The van der Waals surface area contributed by atoms with Gasteiger partial charge >= 0.3 is 5.97 Å². The molecule has 0 bridgehead atoms. The topological polar surface area (TPSA) is 72.8 Å². The second kappa shape index (κ2) is 16.4. The van der Waals surface area contributed by atoms with Gasteiger partial charge in [0.15, 0.2) is 5.78 Å². The zero-order chi connectivity index (χ0) is 30.4. The zero-order valence-corrected chi connectivity index (χ0v) is 25.4. The highest BCUT2D eigenvalue weighted by Gasteiger charge is 2.17. The Morgan fingerprint density at radius 2 is 1.42 bits per heavy atom. The summed E-state index contributed by atoms with van der Waals surface area (Å²) in [6.45, 7) is 2.12. The quantitative estimate of drug-likeness (QED) is 0.0355. The number of halogens is 1. The number of hydrogen-bond acceptors (Lipinski definition) is 6. The molecule has 0 heterocycles. The van der Waals surface area contributed by atoms with Gasteiger partial charge in [-0.1, -0.05) is 103 Å². The number of allylic oxidation sites excluding steroid dienone is 1. The third-order valence-electron chi connectivity index (χ3n) is 6.58. The molecule has 0 spiro atoms. The maximum atomic E-state index is 13.3. The van der Waals surface area contributed by atoms with E-state index in [0.717, 1.165) is 41.0 Å². The molecule has 0 radical (unpaired) electrons. The second-order valence-corrected chi connectivity index (χ2v) is 11.3. The van der Waals surface area contributed by atoms with Gasteiger partial charge in [0, 0.05) is 20.9 Å². The summed E-state index contributed by atoms with van der Waals surface area (Å²) in [5.41, 5.74) is 2.46. The van der Waals surface area contributed by atoms with Crippen LogP contribution < -0.4 is 0 Å². The van der Waals surface area contributed by atoms with Crippen molar-refractivity contribution in [2.24, 2.45) is 5.16 Å². The smallest absolute Gasteiger partial charge is 0.312 e. The Morgan fingerprint density at radius 1 is 0.767 bits per heavy atom. The molecule has 43 heavy (non-hydrogen) atoms. The number of oxime groups is 1. The number of carbonyl (C=O) groups excluding carboxylic acids is 3. The van der Waals surface area contributed by atoms with E-state index in [1.165, 1.54) is 6.08 Å². The van der Waals surface area contributed by atoms with Crippen molar-refractivity contribution in [1.82, 2.24) is 0 Å². The average molecular weight is 610 g/mol. The highest BCUT2D eigenvalue weighted by molar-refractivity contribution is 7.99. The lowest BCUT2D eigenvalue weighted by Gasteiger charge is -2.07. The molecule has 218 valence electrons. The summed E-state index contributed by atoms with van der Waals surface area (Å²) in [5, 5.41) is 4.43. The van der Waals surface area contributed by atoms with E-state index in [2.05, 4.69) is 12.1 Å². The van der Waals surface area contributed by atoms with Gasteiger partial charge in [0.25, 0.3) is 0 Å². The van der Waals surface area contributed by atoms with Gasteiger partial charge in [-0.25, -0.2) is 4.79 Å². The van der Waals surface area contributed by atoms with Gasteiger partial charge < -0.3 is 4.84 Å². The van der Waals surface area contributed by atoms with Crippen LogP contribution >= 0.6 is 23.4 Å². The van der Waals surface area contributed by atoms with Gasteiger partial charge in [-0.3, -0.25) is 9.59 Å². The SMILES string of the molecule is CCCCCCC(=NOC(=O)c1ccccc1)C(=O)c1ccc(Sc2ccc(C=CC(=O)c3ccccc3Cl)cc2)cc1. The Bertz CT molecular complexity index is 1600. The Hall–Kier alpha value is -4.26. The van der Waals surface area contributed by atoms with E-state index in [-0.39, 0.29) is 17.3 Å². The van der Waals surface area contributed by atoms with Crippen LogP contribution in [0.25, 0.3) is 6.08 Å². The molecule has 4 aromatic carbocycles. The zero-order valence-electron chi connectivity index (χ0n) is 23.9. The van der Waals surface area contributed by atoms with E-state index in [9.17, 15) is 14.4 Å². The van der Waals surface area contributed by atoms with Crippen molar-refractivity contribution in [2.45, 2.75) is 48.8 Å². The maximum absolute atomic E-state index is 13.3. The first-order chi connectivity index (χ1) is 20.9. The number of Topliss-reactive ketones (excluding diaryl/α,β-unsaturated/α-hetero) is 1. The minimum Gasteiger partial charge on any atom is -0.312 e. The van der Waals surface area contributed by atoms with Gasteiger partial charge in [-0.2, -0.15) is 0 Å². The first kappa shape index (κ1) is 31.7. The van der Waals surface area contributed by atoms with Gasteiger partial charge in [0.05, 0.1) is 10.6 Å². The van der Waals surface area contributed by atoms with E-state index >= 15 is 0 Å². The van der Waals surface area contributed by atoms with Gasteiger partial charge in [0.1, 0.15) is 5.71 Å². The number of rotatable bonds is 14. The molecule has 0 aromatic heterocycles. The lowest BCUT2D eigenvalue weighted by atomic mass is 10.0. The first-order valence-corrected chi connectivity index (χ1v) is 15.4. The Morgan fingerprint density at radius 3 is 2.09 bits per heavy atom. The summed E-state index contributed by atoms with van der Waals surface area (Å²) in [5.74, 6) is -1.00. The van der Waals surface area contributed by atoms with Gasteiger partial charge in [-0.05, 0) is 85.1 Å². The maximum Gasteiger partial charge on any atom is 0.365 e. The predicted octanol–water partition coefficient (Wildman–Crippen LogP) is 9.75. The fourth-order valence-corrected chi connectivity index (χ4v) is 5.24. The number of carbonyl (C=O) groups is 3. The number of ketones is 2. The van der Waals surface area contributed by atoms with Crippen molar-refractivity contribution in [3.63, 3.8) is 0 Å². The summed E-state index contributed by atoms with van der Waals surface area (Å²) in [4.78, 5) is 45.3. The van der Waals surface area contributed by atoms with Crippen LogP contribution in [0.5, 0.6) is 0 Å². The number of unbranched alkanes of at least 4 members (excludes halogenated alkanes) is 3. The monoisotopic (exact) mass is 609 g/mol. The molecule has 0 saturated carbocycles. The van der Waals surface area contributed by atoms with Crippen LogP contribution in [0.2, 0.25) is 5.02 Å². The Kier molecular flexibility index (Phi) is 12.1. The van der Waals surface area contributed by atoms with Crippen LogP contribution in [-0.4, -0.2) is 23.2 Å². The third kappa shape index (κ3) is 9.63. The van der Waals surface area contributed by atoms with Crippen LogP contribution in [0, 0.1) is 0 Å². The van der Waals surface area contributed by atoms with Crippen LogP contribution in [0.3, 0.4) is 0 Å². The first-order valence-electron chi connectivity index (χ1n) is 14.2. The number of nitrogens with zero attached hydrogens (tertiary/aromatic N) is 1. The molecule has 7 heteroatoms. The lowest BCUT2D eigenvalue weighted by molar-refractivity contribution is 0.0514. The molecule has 0 fully saturated rings. The largest absolute Gasteiger partial charge is 0.365 e. The van der Waals surface area contributed by atoms with Crippen LogP contribution in [-0.2, 0) is 4.84 Å². The lowest BCUT2D eigenvalue weighted by Crippen LogP contribution is -2.16. The van der Waals surface area contributed by atoms with Crippen molar-refractivity contribution >= 4 is 52.7 Å². The van der Waals surface area contributed by atoms with Crippen molar-refractivity contribution in [3.05, 3.63) is 136 Å². The minimum absolute atomic E-state index is 0.151. The third-order valence-corrected chi connectivity index (χ3v) is 7.92. The van der Waals surface area contributed by atoms with Crippen molar-refractivity contribution in [2.75, 3.05) is 0 Å². The van der Waals surface area contributed by atoms with E-state index in [1.807, 2.05) is 42.5 Å². The van der Waals surface area contributed by atoms with Crippen LogP contribution in [0.1, 0.15) is 75.7 Å². The molecule has 0 aliphatic heterocycles. The predicted molar refractivity (Wildman–Crippen MR) is 174 cm³/mol. The van der Waals surface area contributed by atoms with E-state index in [0.29, 0.717) is 28.1 Å². The van der Waals surface area contributed by atoms with Gasteiger partial charge in [0.2, 0.25) is 5.78 Å². The average Bonchev–Trinajstić information content (AvgIpc) is 3.04. The molecular weight excluding hydrogens is 578 g/mol. The van der Waals surface area contributed by atoms with E-state index in [4.69, 9.17) is 16.4 Å². The van der Waals surface area contributed by atoms with Crippen LogP contribution in [0.15, 0.2) is 124 Å². The number of benzene rings is 4. The fraction of sp³-hybridized carbons (Fsp3) is 0.167. The molecule has 0 unspecified atom stereocenters. The molecular formula is C36H32ClNO4S. The summed E-state index contributed by atoms with van der Waals surface area (Å²) in [7, 11) is 0. The Labute approximate surface area is 261 Å². The summed E-state index contributed by atoms with van der Waals surface area (Å²) < 4.78 is 0. The minimum atomic E-state index is -0.597. The van der Waals surface area contributed by atoms with Crippen molar-refractivity contribution in [3.8, 4) is 0 Å². The number of hydrogen-bond donors (Lipinski definition) is 0. The summed E-state index contributed by atoms with van der Waals surface area (Å²) in [6, 6.07) is 30.7. The molecule has 0 saturated heterocycles. The van der Waals surface area contributed by atoms with E-state index in [1.54, 1.807) is 78.5 Å². The molecule has 0 N–H and O–H groups in total. The molecule has 5 nitrogen and oxygen atoms in total. The fourth-order valence-electron chi connectivity index (χ4n) is 4.19. The summed E-state index contributed by atoms with van der Waals surface area (Å²) >= 11 is 7.68. The Balaban J connectivity index is 1.38. The molecule has 0 aliphatic carbocycles. The molecule has 0 atom stereocenters. The van der Waals surface area contributed by atoms with Crippen molar-refractivity contribution < 1.29 is 19.2 Å². The normalized spacial score (nSPS) is 11.4. The molecule has 0 aliphatic rings. The summed E-state index contributed by atoms with van der Waals surface area (Å²) in [6.07, 6.45) is 7.61. The van der Waals surface area contributed by atoms with E-state index < -0.39 is 5.97 Å². The molecule has 0 amide bonds. The molecule has 4 rings (SSSR count).